The van der Waals surface area contributed by atoms with Crippen LogP contribution < -0.4 is 5.32 Å². The first kappa shape index (κ1) is 10.4. The van der Waals surface area contributed by atoms with Gasteiger partial charge in [-0.2, -0.15) is 0 Å². The van der Waals surface area contributed by atoms with E-state index in [9.17, 15) is 0 Å². The van der Waals surface area contributed by atoms with Crippen LogP contribution >= 0.6 is 0 Å². The van der Waals surface area contributed by atoms with Crippen LogP contribution in [0.25, 0.3) is 0 Å². The highest BCUT2D eigenvalue weighted by atomic mass is 16.5. The quantitative estimate of drug-likeness (QED) is 0.640. The summed E-state index contributed by atoms with van der Waals surface area (Å²) < 4.78 is 5.54. The summed E-state index contributed by atoms with van der Waals surface area (Å²) in [7, 11) is 2.23. The van der Waals surface area contributed by atoms with Crippen molar-refractivity contribution in [2.45, 2.75) is 37.8 Å². The van der Waals surface area contributed by atoms with Gasteiger partial charge < -0.3 is 15.0 Å². The van der Waals surface area contributed by atoms with Crippen molar-refractivity contribution in [2.24, 2.45) is 0 Å². The maximum atomic E-state index is 5.54. The molecule has 0 spiro atoms. The fourth-order valence-corrected chi connectivity index (χ4v) is 2.02. The molecule has 0 bridgehead atoms. The van der Waals surface area contributed by atoms with Crippen molar-refractivity contribution in [3.8, 4) is 0 Å². The third kappa shape index (κ3) is 3.23. The second kappa shape index (κ2) is 5.10. The zero-order valence-electron chi connectivity index (χ0n) is 9.17. The third-order valence-electron chi connectivity index (χ3n) is 3.21. The minimum Gasteiger partial charge on any atom is -0.377 e. The molecule has 1 heterocycles. The first-order valence-electron chi connectivity index (χ1n) is 5.89. The summed E-state index contributed by atoms with van der Waals surface area (Å²) in [6.45, 7) is 4.29. The molecule has 0 aromatic rings. The second-order valence-electron chi connectivity index (χ2n) is 4.55. The van der Waals surface area contributed by atoms with E-state index < -0.39 is 0 Å². The van der Waals surface area contributed by atoms with Gasteiger partial charge in [0.1, 0.15) is 0 Å². The number of hydrogen-bond donors (Lipinski definition) is 1. The van der Waals surface area contributed by atoms with Crippen molar-refractivity contribution >= 4 is 0 Å². The Labute approximate surface area is 86.8 Å². The highest BCUT2D eigenvalue weighted by Crippen LogP contribution is 2.24. The van der Waals surface area contributed by atoms with Crippen molar-refractivity contribution in [3.05, 3.63) is 0 Å². The van der Waals surface area contributed by atoms with Crippen LogP contribution in [-0.2, 0) is 4.74 Å². The molecule has 1 aliphatic carbocycles. The van der Waals surface area contributed by atoms with E-state index in [-0.39, 0.29) is 0 Å². The summed E-state index contributed by atoms with van der Waals surface area (Å²) in [5.74, 6) is 0. The fourth-order valence-electron chi connectivity index (χ4n) is 2.02. The molecule has 0 radical (unpaired) electrons. The van der Waals surface area contributed by atoms with Crippen LogP contribution in [0.4, 0.5) is 0 Å². The molecule has 82 valence electrons. The molecular formula is C11H22N2O. The monoisotopic (exact) mass is 198 g/mol. The van der Waals surface area contributed by atoms with Crippen molar-refractivity contribution in [3.63, 3.8) is 0 Å². The highest BCUT2D eigenvalue weighted by molar-refractivity contribution is 4.82. The van der Waals surface area contributed by atoms with Gasteiger partial charge in [-0.15, -0.1) is 0 Å². The Kier molecular flexibility index (Phi) is 3.79. The predicted molar refractivity (Wildman–Crippen MR) is 57.5 cm³/mol. The Morgan fingerprint density at radius 2 is 2.21 bits per heavy atom. The predicted octanol–water partition coefficient (Wildman–Crippen LogP) is 0.849. The van der Waals surface area contributed by atoms with Gasteiger partial charge in [-0.3, -0.25) is 0 Å². The molecule has 1 saturated heterocycles. The van der Waals surface area contributed by atoms with Crippen LogP contribution in [0.15, 0.2) is 0 Å². The molecule has 0 amide bonds. The Morgan fingerprint density at radius 3 is 2.86 bits per heavy atom. The summed E-state index contributed by atoms with van der Waals surface area (Å²) >= 11 is 0. The SMILES string of the molecule is CN(CCNCC1CCCO1)C1CC1. The summed E-state index contributed by atoms with van der Waals surface area (Å²) in [5, 5.41) is 3.47. The van der Waals surface area contributed by atoms with Gasteiger partial charge >= 0.3 is 0 Å². The molecule has 14 heavy (non-hydrogen) atoms. The molecule has 1 atom stereocenters. The van der Waals surface area contributed by atoms with E-state index in [2.05, 4.69) is 17.3 Å². The van der Waals surface area contributed by atoms with Gasteiger partial charge in [0.2, 0.25) is 0 Å². The van der Waals surface area contributed by atoms with Crippen LogP contribution in [0.3, 0.4) is 0 Å². The van der Waals surface area contributed by atoms with Gasteiger partial charge in [0.25, 0.3) is 0 Å². The first-order valence-corrected chi connectivity index (χ1v) is 5.89. The number of rotatable bonds is 6. The fraction of sp³-hybridized carbons (Fsp3) is 1.00. The maximum absolute atomic E-state index is 5.54. The number of nitrogens with one attached hydrogen (secondary N) is 1. The molecule has 2 fully saturated rings. The molecule has 2 aliphatic rings. The van der Waals surface area contributed by atoms with Crippen molar-refractivity contribution < 1.29 is 4.74 Å². The van der Waals surface area contributed by atoms with E-state index in [1.165, 1.54) is 32.2 Å². The molecule has 3 heteroatoms. The smallest absolute Gasteiger partial charge is 0.0700 e. The van der Waals surface area contributed by atoms with Crippen LogP contribution in [0.5, 0.6) is 0 Å². The first-order chi connectivity index (χ1) is 6.86. The van der Waals surface area contributed by atoms with Gasteiger partial charge in [0.15, 0.2) is 0 Å². The number of ether oxygens (including phenoxy) is 1. The molecular weight excluding hydrogens is 176 g/mol. The average Bonchev–Trinajstić information content (AvgIpc) is 2.92. The topological polar surface area (TPSA) is 24.5 Å². The van der Waals surface area contributed by atoms with Gasteiger partial charge in [-0.25, -0.2) is 0 Å². The Hall–Kier alpha value is -0.120. The van der Waals surface area contributed by atoms with Gasteiger partial charge in [0, 0.05) is 32.3 Å². The maximum Gasteiger partial charge on any atom is 0.0700 e. The highest BCUT2D eigenvalue weighted by Gasteiger charge is 2.25. The van der Waals surface area contributed by atoms with Crippen LogP contribution in [0, 0.1) is 0 Å². The third-order valence-corrected chi connectivity index (χ3v) is 3.21. The van der Waals surface area contributed by atoms with E-state index in [4.69, 9.17) is 4.74 Å². The van der Waals surface area contributed by atoms with Crippen molar-refractivity contribution in [1.29, 1.82) is 0 Å². The van der Waals surface area contributed by atoms with E-state index in [0.29, 0.717) is 6.10 Å². The molecule has 1 unspecified atom stereocenters. The van der Waals surface area contributed by atoms with Crippen LogP contribution in [0.2, 0.25) is 0 Å². The minimum atomic E-state index is 0.487. The second-order valence-corrected chi connectivity index (χ2v) is 4.55. The number of nitrogens with zero attached hydrogens (tertiary/aromatic N) is 1. The Bertz CT molecular complexity index is 161. The molecule has 0 aromatic heterocycles. The van der Waals surface area contributed by atoms with E-state index in [1.54, 1.807) is 0 Å². The van der Waals surface area contributed by atoms with Crippen molar-refractivity contribution in [1.82, 2.24) is 10.2 Å². The molecule has 1 N–H and O–H groups in total. The minimum absolute atomic E-state index is 0.487. The van der Waals surface area contributed by atoms with Gasteiger partial charge in [-0.05, 0) is 32.7 Å². The van der Waals surface area contributed by atoms with Gasteiger partial charge in [0.05, 0.1) is 6.10 Å². The Morgan fingerprint density at radius 1 is 1.36 bits per heavy atom. The molecule has 1 saturated carbocycles. The summed E-state index contributed by atoms with van der Waals surface area (Å²) in [5.41, 5.74) is 0. The lowest BCUT2D eigenvalue weighted by atomic mass is 10.2. The van der Waals surface area contributed by atoms with Crippen LogP contribution in [-0.4, -0.2) is 50.3 Å². The molecule has 2 rings (SSSR count). The summed E-state index contributed by atoms with van der Waals surface area (Å²) in [6.07, 6.45) is 5.78. The summed E-state index contributed by atoms with van der Waals surface area (Å²) in [6, 6.07) is 0.888. The average molecular weight is 198 g/mol. The van der Waals surface area contributed by atoms with E-state index in [0.717, 1.165) is 25.7 Å². The normalized spacial score (nSPS) is 27.4. The van der Waals surface area contributed by atoms with E-state index >= 15 is 0 Å². The lowest BCUT2D eigenvalue weighted by Gasteiger charge is -2.17. The zero-order chi connectivity index (χ0) is 9.80. The lowest BCUT2D eigenvalue weighted by molar-refractivity contribution is 0.109. The van der Waals surface area contributed by atoms with Crippen LogP contribution in [0.1, 0.15) is 25.7 Å². The number of hydrogen-bond acceptors (Lipinski definition) is 3. The molecule has 0 aromatic carbocycles. The van der Waals surface area contributed by atoms with Crippen molar-refractivity contribution in [2.75, 3.05) is 33.3 Å². The van der Waals surface area contributed by atoms with E-state index in [1.807, 2.05) is 0 Å². The Balaban J connectivity index is 1.46. The molecule has 1 aliphatic heterocycles. The zero-order valence-corrected chi connectivity index (χ0v) is 9.17. The van der Waals surface area contributed by atoms with Gasteiger partial charge in [-0.1, -0.05) is 0 Å². The largest absolute Gasteiger partial charge is 0.377 e. The summed E-state index contributed by atoms with van der Waals surface area (Å²) in [4.78, 5) is 2.46. The number of likely N-dealkylation sites (N-methyl/N-ethyl adjacent to an activating group) is 1. The molecule has 3 nitrogen and oxygen atoms in total. The standard InChI is InChI=1S/C11H22N2O/c1-13(10-4-5-10)7-6-12-9-11-3-2-8-14-11/h10-12H,2-9H2,1H3. The lowest BCUT2D eigenvalue weighted by Crippen LogP contribution is -2.34.